The van der Waals surface area contributed by atoms with Crippen molar-refractivity contribution < 1.29 is 14.0 Å². The molecular formula is C21H27FN4O2. The quantitative estimate of drug-likeness (QED) is 0.744. The lowest BCUT2D eigenvalue weighted by Crippen LogP contribution is -2.34. The molecular weight excluding hydrogens is 359 g/mol. The summed E-state index contributed by atoms with van der Waals surface area (Å²) in [6, 6.07) is 6.03. The van der Waals surface area contributed by atoms with E-state index in [0.717, 1.165) is 43.6 Å². The van der Waals surface area contributed by atoms with Gasteiger partial charge in [-0.2, -0.15) is 5.10 Å². The average Bonchev–Trinajstić information content (AvgIpc) is 3.03. The first kappa shape index (κ1) is 20.0. The topological polar surface area (TPSA) is 67.2 Å². The summed E-state index contributed by atoms with van der Waals surface area (Å²) in [4.78, 5) is 26.5. The second-order valence-electron chi connectivity index (χ2n) is 7.05. The molecule has 0 spiro atoms. The molecule has 28 heavy (non-hydrogen) atoms. The van der Waals surface area contributed by atoms with Crippen LogP contribution in [0.1, 0.15) is 55.1 Å². The summed E-state index contributed by atoms with van der Waals surface area (Å²) in [6.45, 7) is 3.96. The summed E-state index contributed by atoms with van der Waals surface area (Å²) >= 11 is 0. The van der Waals surface area contributed by atoms with Gasteiger partial charge >= 0.3 is 0 Å². The molecule has 2 amide bonds. The van der Waals surface area contributed by atoms with Gasteiger partial charge in [0.2, 0.25) is 5.91 Å². The lowest BCUT2D eigenvalue weighted by atomic mass is 10.2. The monoisotopic (exact) mass is 386 g/mol. The second-order valence-corrected chi connectivity index (χ2v) is 7.05. The van der Waals surface area contributed by atoms with Gasteiger partial charge in [-0.25, -0.2) is 9.07 Å². The van der Waals surface area contributed by atoms with Crippen LogP contribution in [-0.4, -0.2) is 46.1 Å². The van der Waals surface area contributed by atoms with Crippen LogP contribution in [0, 0.1) is 5.82 Å². The standard InChI is InChI=1S/C21H27FN4O2/c1-2-19-18(15-24-26(19)17-10-8-16(22)9-11-17)21(28)23-12-6-14-25-13-5-3-4-7-20(25)27/h8-11,15H,2-7,12-14H2,1H3,(H,23,28). The third-order valence-corrected chi connectivity index (χ3v) is 5.08. The zero-order valence-corrected chi connectivity index (χ0v) is 16.3. The Labute approximate surface area is 164 Å². The third kappa shape index (κ3) is 4.77. The number of nitrogens with zero attached hydrogens (tertiary/aromatic N) is 3. The van der Waals surface area contributed by atoms with E-state index in [-0.39, 0.29) is 17.6 Å². The summed E-state index contributed by atoms with van der Waals surface area (Å²) in [6.07, 6.45) is 6.68. The van der Waals surface area contributed by atoms with Crippen LogP contribution in [0.25, 0.3) is 5.69 Å². The lowest BCUT2D eigenvalue weighted by Gasteiger charge is -2.20. The van der Waals surface area contributed by atoms with Crippen LogP contribution in [0.5, 0.6) is 0 Å². The molecule has 0 radical (unpaired) electrons. The zero-order chi connectivity index (χ0) is 19.9. The molecule has 6 nitrogen and oxygen atoms in total. The van der Waals surface area contributed by atoms with Gasteiger partial charge in [-0.15, -0.1) is 0 Å². The Balaban J connectivity index is 1.57. The molecule has 0 aliphatic carbocycles. The van der Waals surface area contributed by atoms with E-state index in [9.17, 15) is 14.0 Å². The van der Waals surface area contributed by atoms with Gasteiger partial charge < -0.3 is 10.2 Å². The van der Waals surface area contributed by atoms with Gasteiger partial charge in [-0.3, -0.25) is 9.59 Å². The molecule has 150 valence electrons. The number of carbonyl (C=O) groups excluding carboxylic acids is 2. The molecule has 0 bridgehead atoms. The molecule has 2 heterocycles. The highest BCUT2D eigenvalue weighted by molar-refractivity contribution is 5.95. The minimum Gasteiger partial charge on any atom is -0.352 e. The van der Waals surface area contributed by atoms with Crippen molar-refractivity contribution in [1.82, 2.24) is 20.0 Å². The minimum absolute atomic E-state index is 0.174. The van der Waals surface area contributed by atoms with Crippen LogP contribution in [-0.2, 0) is 11.2 Å². The summed E-state index contributed by atoms with van der Waals surface area (Å²) in [5.41, 5.74) is 2.03. The van der Waals surface area contributed by atoms with Crippen molar-refractivity contribution in [3.8, 4) is 5.69 Å². The highest BCUT2D eigenvalue weighted by Gasteiger charge is 2.18. The molecule has 1 aromatic heterocycles. The predicted molar refractivity (Wildman–Crippen MR) is 105 cm³/mol. The van der Waals surface area contributed by atoms with Crippen LogP contribution in [0.2, 0.25) is 0 Å². The molecule has 2 aromatic rings. The number of hydrogen-bond acceptors (Lipinski definition) is 3. The molecule has 1 aliphatic heterocycles. The van der Waals surface area contributed by atoms with Crippen LogP contribution in [0.3, 0.4) is 0 Å². The first-order valence-electron chi connectivity index (χ1n) is 9.99. The molecule has 1 fully saturated rings. The summed E-state index contributed by atoms with van der Waals surface area (Å²) in [5, 5.41) is 7.24. The fourth-order valence-corrected chi connectivity index (χ4v) is 3.55. The molecule has 7 heteroatoms. The smallest absolute Gasteiger partial charge is 0.254 e. The summed E-state index contributed by atoms with van der Waals surface area (Å²) in [5.74, 6) is -0.264. The highest BCUT2D eigenvalue weighted by Crippen LogP contribution is 2.16. The fourth-order valence-electron chi connectivity index (χ4n) is 3.55. The van der Waals surface area contributed by atoms with E-state index in [1.165, 1.54) is 12.1 Å². The molecule has 1 N–H and O–H groups in total. The Morgan fingerprint density at radius 1 is 1.21 bits per heavy atom. The number of nitrogens with one attached hydrogen (secondary N) is 1. The Bertz CT molecular complexity index is 816. The maximum Gasteiger partial charge on any atom is 0.254 e. The molecule has 0 saturated carbocycles. The largest absolute Gasteiger partial charge is 0.352 e. The minimum atomic E-state index is -0.310. The SMILES string of the molecule is CCc1c(C(=O)NCCCN2CCCCCC2=O)cnn1-c1ccc(F)cc1. The molecule has 0 unspecified atom stereocenters. The maximum absolute atomic E-state index is 13.2. The average molecular weight is 386 g/mol. The van der Waals surface area contributed by atoms with Gasteiger partial charge in [0.25, 0.3) is 5.91 Å². The Morgan fingerprint density at radius 2 is 2.00 bits per heavy atom. The van der Waals surface area contributed by atoms with Crippen molar-refractivity contribution >= 4 is 11.8 Å². The first-order valence-corrected chi connectivity index (χ1v) is 9.99. The van der Waals surface area contributed by atoms with Crippen molar-refractivity contribution in [2.75, 3.05) is 19.6 Å². The van der Waals surface area contributed by atoms with E-state index in [1.807, 2.05) is 11.8 Å². The summed E-state index contributed by atoms with van der Waals surface area (Å²) < 4.78 is 14.8. The molecule has 1 saturated heterocycles. The van der Waals surface area contributed by atoms with Crippen LogP contribution in [0.15, 0.2) is 30.5 Å². The van der Waals surface area contributed by atoms with Crippen LogP contribution < -0.4 is 5.32 Å². The van der Waals surface area contributed by atoms with Gasteiger partial charge in [0.15, 0.2) is 0 Å². The van der Waals surface area contributed by atoms with Gasteiger partial charge in [-0.05, 0) is 49.9 Å². The number of halogens is 1. The third-order valence-electron chi connectivity index (χ3n) is 5.08. The van der Waals surface area contributed by atoms with Crippen molar-refractivity contribution in [3.05, 3.63) is 47.5 Å². The van der Waals surface area contributed by atoms with Crippen molar-refractivity contribution in [1.29, 1.82) is 0 Å². The maximum atomic E-state index is 13.2. The number of aromatic nitrogens is 2. The zero-order valence-electron chi connectivity index (χ0n) is 16.3. The fraction of sp³-hybridized carbons (Fsp3) is 0.476. The van der Waals surface area contributed by atoms with Crippen LogP contribution >= 0.6 is 0 Å². The molecule has 1 aromatic carbocycles. The Kier molecular flexibility index (Phi) is 6.79. The normalized spacial score (nSPS) is 14.8. The number of carbonyl (C=O) groups is 2. The Morgan fingerprint density at radius 3 is 2.75 bits per heavy atom. The lowest BCUT2D eigenvalue weighted by molar-refractivity contribution is -0.130. The van der Waals surface area contributed by atoms with Gasteiger partial charge in [0, 0.05) is 26.1 Å². The highest BCUT2D eigenvalue weighted by atomic mass is 19.1. The van der Waals surface area contributed by atoms with Gasteiger partial charge in [0.1, 0.15) is 5.82 Å². The van der Waals surface area contributed by atoms with E-state index in [0.29, 0.717) is 31.5 Å². The second kappa shape index (κ2) is 9.48. The van der Waals surface area contributed by atoms with Crippen molar-refractivity contribution in [2.24, 2.45) is 0 Å². The van der Waals surface area contributed by atoms with Gasteiger partial charge in [0.05, 0.1) is 23.1 Å². The number of amides is 2. The van der Waals surface area contributed by atoms with E-state index >= 15 is 0 Å². The van der Waals surface area contributed by atoms with Crippen molar-refractivity contribution in [2.45, 2.75) is 45.4 Å². The van der Waals surface area contributed by atoms with Gasteiger partial charge in [-0.1, -0.05) is 13.3 Å². The molecule has 3 rings (SSSR count). The number of hydrogen-bond donors (Lipinski definition) is 1. The number of likely N-dealkylation sites (tertiary alicyclic amines) is 1. The summed E-state index contributed by atoms with van der Waals surface area (Å²) in [7, 11) is 0. The predicted octanol–water partition coefficient (Wildman–Crippen LogP) is 3.10. The van der Waals surface area contributed by atoms with E-state index in [2.05, 4.69) is 10.4 Å². The van der Waals surface area contributed by atoms with Crippen molar-refractivity contribution in [3.63, 3.8) is 0 Å². The Hall–Kier alpha value is -2.70. The first-order chi connectivity index (χ1) is 13.6. The van der Waals surface area contributed by atoms with E-state index < -0.39 is 0 Å². The van der Waals surface area contributed by atoms with E-state index in [4.69, 9.17) is 0 Å². The van der Waals surface area contributed by atoms with E-state index in [1.54, 1.807) is 23.0 Å². The molecule has 0 atom stereocenters. The van der Waals surface area contributed by atoms with Crippen LogP contribution in [0.4, 0.5) is 4.39 Å². The number of benzene rings is 1. The number of rotatable bonds is 7. The molecule has 1 aliphatic rings.